The number of nitrogens with two attached hydrogens (primary N) is 1. The Morgan fingerprint density at radius 2 is 2.05 bits per heavy atom. The van der Waals surface area contributed by atoms with Crippen molar-refractivity contribution in [1.82, 2.24) is 9.27 Å². The summed E-state index contributed by atoms with van der Waals surface area (Å²) in [5.74, 6) is -0.176. The second-order valence-corrected chi connectivity index (χ2v) is 5.28. The van der Waals surface area contributed by atoms with Crippen LogP contribution in [0.5, 0.6) is 0 Å². The lowest BCUT2D eigenvalue weighted by Gasteiger charge is -2.24. The normalized spacial score (nSPS) is 10.8. The maximum Gasteiger partial charge on any atom is 0.344 e. The zero-order valence-corrected chi connectivity index (χ0v) is 12.8. The number of carbonyl (C=O) groups is 1. The van der Waals surface area contributed by atoms with E-state index in [-0.39, 0.29) is 5.82 Å². The van der Waals surface area contributed by atoms with Gasteiger partial charge in [0.15, 0.2) is 5.82 Å². The van der Waals surface area contributed by atoms with Gasteiger partial charge in [-0.25, -0.2) is 4.79 Å². The molecule has 0 aliphatic carbocycles. The number of hydrogen-bond acceptors (Lipinski definition) is 7. The molecule has 0 atom stereocenters. The molecular formula is C12H22N4O2S. The summed E-state index contributed by atoms with van der Waals surface area (Å²) in [6.45, 7) is 4.69. The lowest BCUT2D eigenvalue weighted by atomic mass is 10.3. The van der Waals surface area contributed by atoms with E-state index in [0.717, 1.165) is 31.1 Å². The van der Waals surface area contributed by atoms with E-state index in [9.17, 15) is 4.79 Å². The van der Waals surface area contributed by atoms with Crippen LogP contribution in [-0.2, 0) is 4.74 Å². The number of esters is 1. The minimum atomic E-state index is -0.424. The van der Waals surface area contributed by atoms with Gasteiger partial charge in [-0.15, -0.1) is 0 Å². The second kappa shape index (κ2) is 7.30. The Morgan fingerprint density at radius 3 is 2.58 bits per heavy atom. The third-order valence-electron chi connectivity index (χ3n) is 2.69. The van der Waals surface area contributed by atoms with Crippen molar-refractivity contribution < 1.29 is 9.53 Å². The molecule has 0 aliphatic heterocycles. The standard InChI is InChI=1S/C12H22N4O2S/c1-5-6-16(8-7-15(2)3)11-9(12(17)18-4)10(13)14-19-11/h5-8H2,1-4H3,(H2,13,14). The van der Waals surface area contributed by atoms with Crippen LogP contribution in [0.4, 0.5) is 10.8 Å². The Morgan fingerprint density at radius 1 is 1.37 bits per heavy atom. The number of ether oxygens (including phenoxy) is 1. The molecule has 108 valence electrons. The van der Waals surface area contributed by atoms with Crippen LogP contribution in [0.15, 0.2) is 0 Å². The number of rotatable bonds is 7. The molecule has 0 aliphatic rings. The summed E-state index contributed by atoms with van der Waals surface area (Å²) in [5, 5.41) is 0.799. The number of nitrogen functional groups attached to an aromatic ring is 1. The fourth-order valence-electron chi connectivity index (χ4n) is 1.71. The minimum Gasteiger partial charge on any atom is -0.465 e. The molecule has 0 saturated heterocycles. The Hall–Kier alpha value is -1.34. The van der Waals surface area contributed by atoms with Gasteiger partial charge in [-0.2, -0.15) is 4.37 Å². The van der Waals surface area contributed by atoms with Crippen molar-refractivity contribution in [1.29, 1.82) is 0 Å². The third kappa shape index (κ3) is 4.07. The van der Waals surface area contributed by atoms with Crippen molar-refractivity contribution in [3.63, 3.8) is 0 Å². The van der Waals surface area contributed by atoms with Crippen LogP contribution in [0.3, 0.4) is 0 Å². The number of carbonyl (C=O) groups excluding carboxylic acids is 1. The van der Waals surface area contributed by atoms with E-state index in [1.165, 1.54) is 18.6 Å². The van der Waals surface area contributed by atoms with Crippen LogP contribution < -0.4 is 10.6 Å². The molecular weight excluding hydrogens is 264 g/mol. The first-order valence-electron chi connectivity index (χ1n) is 6.24. The molecule has 0 spiro atoms. The fraction of sp³-hybridized carbons (Fsp3) is 0.667. The average molecular weight is 286 g/mol. The molecule has 19 heavy (non-hydrogen) atoms. The van der Waals surface area contributed by atoms with Gasteiger partial charge in [-0.3, -0.25) is 0 Å². The molecule has 7 heteroatoms. The molecule has 1 heterocycles. The molecule has 0 unspecified atom stereocenters. The Bertz CT molecular complexity index is 420. The molecule has 6 nitrogen and oxygen atoms in total. The van der Waals surface area contributed by atoms with Gasteiger partial charge in [-0.05, 0) is 32.0 Å². The summed E-state index contributed by atoms with van der Waals surface area (Å²) < 4.78 is 8.86. The number of nitrogens with zero attached hydrogens (tertiary/aromatic N) is 3. The van der Waals surface area contributed by atoms with Crippen molar-refractivity contribution in [2.24, 2.45) is 0 Å². The molecule has 0 bridgehead atoms. The number of anilines is 2. The first-order chi connectivity index (χ1) is 9.01. The molecule has 2 N–H and O–H groups in total. The monoisotopic (exact) mass is 286 g/mol. The van der Waals surface area contributed by atoms with E-state index in [0.29, 0.717) is 5.56 Å². The number of methoxy groups -OCH3 is 1. The summed E-state index contributed by atoms with van der Waals surface area (Å²) >= 11 is 1.25. The van der Waals surface area contributed by atoms with E-state index in [1.807, 2.05) is 14.1 Å². The number of hydrogen-bond donors (Lipinski definition) is 1. The van der Waals surface area contributed by atoms with Crippen molar-refractivity contribution in [3.8, 4) is 0 Å². The smallest absolute Gasteiger partial charge is 0.344 e. The summed E-state index contributed by atoms with van der Waals surface area (Å²) in [7, 11) is 5.39. The van der Waals surface area contributed by atoms with Crippen LogP contribution >= 0.6 is 11.5 Å². The van der Waals surface area contributed by atoms with Gasteiger partial charge in [0.2, 0.25) is 0 Å². The van der Waals surface area contributed by atoms with Gasteiger partial charge < -0.3 is 20.3 Å². The summed E-state index contributed by atoms with van der Waals surface area (Å²) in [6, 6.07) is 0. The highest BCUT2D eigenvalue weighted by atomic mass is 32.1. The van der Waals surface area contributed by atoms with E-state index in [2.05, 4.69) is 21.1 Å². The Kier molecular flexibility index (Phi) is 6.04. The van der Waals surface area contributed by atoms with Crippen molar-refractivity contribution in [2.45, 2.75) is 13.3 Å². The van der Waals surface area contributed by atoms with Crippen molar-refractivity contribution in [2.75, 3.05) is 51.5 Å². The van der Waals surface area contributed by atoms with Crippen LogP contribution in [0.25, 0.3) is 0 Å². The second-order valence-electron chi connectivity index (χ2n) is 4.53. The maximum absolute atomic E-state index is 11.8. The molecule has 1 aromatic heterocycles. The zero-order valence-electron chi connectivity index (χ0n) is 12.0. The fourth-order valence-corrected chi connectivity index (χ4v) is 2.56. The lowest BCUT2D eigenvalue weighted by Crippen LogP contribution is -2.32. The average Bonchev–Trinajstić information content (AvgIpc) is 2.75. The summed E-state index contributed by atoms with van der Waals surface area (Å²) in [4.78, 5) is 16.0. The lowest BCUT2D eigenvalue weighted by molar-refractivity contribution is 0.0603. The van der Waals surface area contributed by atoms with Gasteiger partial charge in [0, 0.05) is 19.6 Å². The van der Waals surface area contributed by atoms with Crippen LogP contribution in [0.2, 0.25) is 0 Å². The highest BCUT2D eigenvalue weighted by molar-refractivity contribution is 7.11. The molecule has 0 fully saturated rings. The Balaban J connectivity index is 2.98. The third-order valence-corrected chi connectivity index (χ3v) is 3.61. The largest absolute Gasteiger partial charge is 0.465 e. The van der Waals surface area contributed by atoms with Crippen LogP contribution in [0.1, 0.15) is 23.7 Å². The van der Waals surface area contributed by atoms with Crippen molar-refractivity contribution >= 4 is 28.3 Å². The first-order valence-corrected chi connectivity index (χ1v) is 7.01. The van der Waals surface area contributed by atoms with Gasteiger partial charge in [-0.1, -0.05) is 6.92 Å². The van der Waals surface area contributed by atoms with Gasteiger partial charge in [0.1, 0.15) is 10.6 Å². The van der Waals surface area contributed by atoms with Gasteiger partial charge in [0.05, 0.1) is 7.11 Å². The van der Waals surface area contributed by atoms with E-state index in [4.69, 9.17) is 10.5 Å². The SMILES string of the molecule is CCCN(CCN(C)C)c1snc(N)c1C(=O)OC. The highest BCUT2D eigenvalue weighted by Crippen LogP contribution is 2.31. The summed E-state index contributed by atoms with van der Waals surface area (Å²) in [6.07, 6.45) is 0.992. The van der Waals surface area contributed by atoms with Gasteiger partial charge in [0.25, 0.3) is 0 Å². The maximum atomic E-state index is 11.8. The highest BCUT2D eigenvalue weighted by Gasteiger charge is 2.23. The minimum absolute atomic E-state index is 0.248. The van der Waals surface area contributed by atoms with Crippen molar-refractivity contribution in [3.05, 3.63) is 5.56 Å². The van der Waals surface area contributed by atoms with E-state index in [1.54, 1.807) is 0 Å². The van der Waals surface area contributed by atoms with Gasteiger partial charge >= 0.3 is 5.97 Å². The Labute approximate surface area is 118 Å². The van der Waals surface area contributed by atoms with E-state index >= 15 is 0 Å². The quantitative estimate of drug-likeness (QED) is 0.762. The molecule has 1 aromatic rings. The molecule has 0 radical (unpaired) electrons. The number of likely N-dealkylation sites (N-methyl/N-ethyl adjacent to an activating group) is 1. The molecule has 1 rings (SSSR count). The molecule has 0 amide bonds. The van der Waals surface area contributed by atoms with E-state index < -0.39 is 5.97 Å². The van der Waals surface area contributed by atoms with Crippen LogP contribution in [0, 0.1) is 0 Å². The zero-order chi connectivity index (χ0) is 14.4. The molecule has 0 saturated carbocycles. The van der Waals surface area contributed by atoms with Crippen LogP contribution in [-0.4, -0.2) is 56.1 Å². The first kappa shape index (κ1) is 15.7. The predicted molar refractivity (Wildman–Crippen MR) is 78.9 cm³/mol. The number of aromatic nitrogens is 1. The summed E-state index contributed by atoms with van der Waals surface area (Å²) in [5.41, 5.74) is 6.16. The topological polar surface area (TPSA) is 71.7 Å². The molecule has 0 aromatic carbocycles. The predicted octanol–water partition coefficient (Wildman–Crippen LogP) is 1.29.